The molecular formula is C29H38NO4Si. The van der Waals surface area contributed by atoms with E-state index in [4.69, 9.17) is 23.6 Å². The smallest absolute Gasteiger partial charge is 0.274 e. The van der Waals surface area contributed by atoms with Crippen LogP contribution >= 0.6 is 0 Å². The Hall–Kier alpha value is -2.99. The minimum absolute atomic E-state index is 0.0670. The predicted octanol–water partition coefficient (Wildman–Crippen LogP) is 6.70. The van der Waals surface area contributed by atoms with Gasteiger partial charge in [0.2, 0.25) is 5.75 Å². The van der Waals surface area contributed by atoms with E-state index in [1.165, 1.54) is 11.1 Å². The van der Waals surface area contributed by atoms with Crippen molar-refractivity contribution < 1.29 is 18.6 Å². The molecule has 0 saturated carbocycles. The fourth-order valence-electron chi connectivity index (χ4n) is 3.92. The van der Waals surface area contributed by atoms with Crippen LogP contribution in [0.5, 0.6) is 23.1 Å². The number of aromatic nitrogens is 1. The third kappa shape index (κ3) is 6.79. The van der Waals surface area contributed by atoms with Crippen molar-refractivity contribution in [3.63, 3.8) is 0 Å². The van der Waals surface area contributed by atoms with Crippen LogP contribution in [0, 0.1) is 6.92 Å². The summed E-state index contributed by atoms with van der Waals surface area (Å²) in [5.74, 6) is 2.61. The largest absolute Gasteiger partial charge is 0.542 e. The Bertz CT molecular complexity index is 1120. The summed E-state index contributed by atoms with van der Waals surface area (Å²) < 4.78 is 23.8. The predicted molar refractivity (Wildman–Crippen MR) is 144 cm³/mol. The van der Waals surface area contributed by atoms with Crippen molar-refractivity contribution in [3.8, 4) is 23.1 Å². The van der Waals surface area contributed by atoms with Crippen LogP contribution in [0.25, 0.3) is 0 Å². The average Bonchev–Trinajstić information content (AvgIpc) is 2.82. The molecule has 35 heavy (non-hydrogen) atoms. The summed E-state index contributed by atoms with van der Waals surface area (Å²) in [6.45, 7) is 13.5. The molecular weight excluding hydrogens is 454 g/mol. The van der Waals surface area contributed by atoms with Gasteiger partial charge in [-0.25, -0.2) is 4.98 Å². The van der Waals surface area contributed by atoms with E-state index in [9.17, 15) is 0 Å². The Labute approximate surface area is 212 Å². The molecule has 0 aliphatic rings. The van der Waals surface area contributed by atoms with Gasteiger partial charge in [0.15, 0.2) is 5.75 Å². The lowest BCUT2D eigenvalue weighted by molar-refractivity contribution is 0.269. The molecule has 0 bridgehead atoms. The van der Waals surface area contributed by atoms with Gasteiger partial charge in [-0.3, -0.25) is 0 Å². The van der Waals surface area contributed by atoms with Crippen molar-refractivity contribution in [3.05, 3.63) is 76.5 Å². The fourth-order valence-corrected chi connectivity index (χ4v) is 4.55. The monoisotopic (exact) mass is 492 g/mol. The average molecular weight is 493 g/mol. The van der Waals surface area contributed by atoms with Gasteiger partial charge >= 0.3 is 0 Å². The molecule has 0 aliphatic carbocycles. The number of pyridine rings is 1. The van der Waals surface area contributed by atoms with E-state index in [1.54, 1.807) is 14.2 Å². The molecule has 2 aromatic carbocycles. The highest BCUT2D eigenvalue weighted by Crippen LogP contribution is 2.40. The first-order valence-corrected chi connectivity index (χ1v) is 14.4. The number of hydrogen-bond acceptors (Lipinski definition) is 5. The van der Waals surface area contributed by atoms with Gasteiger partial charge in [0.25, 0.3) is 14.9 Å². The molecule has 0 atom stereocenters. The molecule has 5 nitrogen and oxygen atoms in total. The highest BCUT2D eigenvalue weighted by atomic mass is 28.3. The standard InChI is InChI=1S/C29H38NO4Si/c1-20-24(17-15-22-14-16-23(29(2,3)4)18-25(22)34-35(7)8)30-28(32-6)27(31-5)26(20)33-19-21-12-10-9-11-13-21/h9-14,16,18H,15,17,19H2,1-8H3. The molecule has 3 aromatic rings. The van der Waals surface area contributed by atoms with Crippen molar-refractivity contribution in [2.75, 3.05) is 14.2 Å². The third-order valence-electron chi connectivity index (χ3n) is 5.91. The van der Waals surface area contributed by atoms with Crippen molar-refractivity contribution in [1.29, 1.82) is 0 Å². The summed E-state index contributed by atoms with van der Waals surface area (Å²) in [4.78, 5) is 4.78. The number of nitrogens with zero attached hydrogens (tertiary/aromatic N) is 1. The number of methoxy groups -OCH3 is 2. The fraction of sp³-hybridized carbons (Fsp3) is 0.414. The van der Waals surface area contributed by atoms with E-state index in [-0.39, 0.29) is 5.41 Å². The van der Waals surface area contributed by atoms with E-state index >= 15 is 0 Å². The lowest BCUT2D eigenvalue weighted by Crippen LogP contribution is -2.16. The van der Waals surface area contributed by atoms with Crippen LogP contribution in [-0.2, 0) is 24.9 Å². The SMILES string of the molecule is COc1nc(CCc2ccc(C(C)(C)C)cc2O[Si](C)C)c(C)c(OCc2ccccc2)c1OC. The van der Waals surface area contributed by atoms with E-state index in [2.05, 4.69) is 52.1 Å². The van der Waals surface area contributed by atoms with E-state index in [0.29, 0.717) is 24.0 Å². The molecule has 1 aromatic heterocycles. The van der Waals surface area contributed by atoms with Crippen LogP contribution in [0.1, 0.15) is 48.7 Å². The molecule has 0 aliphatic heterocycles. The summed E-state index contributed by atoms with van der Waals surface area (Å²) in [5, 5.41) is 0. The zero-order chi connectivity index (χ0) is 25.6. The molecule has 0 amide bonds. The van der Waals surface area contributed by atoms with E-state index in [1.807, 2.05) is 37.3 Å². The second kappa shape index (κ2) is 11.6. The van der Waals surface area contributed by atoms with Crippen molar-refractivity contribution >= 4 is 9.04 Å². The zero-order valence-corrected chi connectivity index (χ0v) is 23.3. The number of hydrogen-bond donors (Lipinski definition) is 0. The lowest BCUT2D eigenvalue weighted by atomic mass is 9.86. The number of aryl methyl sites for hydroxylation is 2. The van der Waals surface area contributed by atoms with Gasteiger partial charge in [-0.2, -0.15) is 0 Å². The van der Waals surface area contributed by atoms with Crippen molar-refractivity contribution in [1.82, 2.24) is 4.98 Å². The Morgan fingerprint density at radius 3 is 2.20 bits per heavy atom. The summed E-state index contributed by atoms with van der Waals surface area (Å²) in [5.41, 5.74) is 5.50. The third-order valence-corrected chi connectivity index (χ3v) is 6.54. The molecule has 0 spiro atoms. The maximum atomic E-state index is 6.30. The molecule has 0 unspecified atom stereocenters. The minimum atomic E-state index is -0.892. The first kappa shape index (κ1) is 26.6. The highest BCUT2D eigenvalue weighted by molar-refractivity contribution is 6.49. The van der Waals surface area contributed by atoms with Gasteiger partial charge in [-0.1, -0.05) is 63.2 Å². The van der Waals surface area contributed by atoms with Gasteiger partial charge < -0.3 is 18.6 Å². The minimum Gasteiger partial charge on any atom is -0.542 e. The molecule has 3 rings (SSSR count). The molecule has 187 valence electrons. The summed E-state index contributed by atoms with van der Waals surface area (Å²) in [6.07, 6.45) is 1.53. The Morgan fingerprint density at radius 1 is 0.886 bits per heavy atom. The first-order valence-electron chi connectivity index (χ1n) is 12.0. The quantitative estimate of drug-likeness (QED) is 0.295. The maximum Gasteiger partial charge on any atom is 0.274 e. The van der Waals surface area contributed by atoms with Gasteiger partial charge in [-0.15, -0.1) is 0 Å². The molecule has 0 N–H and O–H groups in total. The molecule has 0 fully saturated rings. The van der Waals surface area contributed by atoms with Gasteiger partial charge in [0, 0.05) is 5.56 Å². The van der Waals surface area contributed by atoms with E-state index < -0.39 is 9.04 Å². The topological polar surface area (TPSA) is 49.8 Å². The zero-order valence-electron chi connectivity index (χ0n) is 22.3. The van der Waals surface area contributed by atoms with Crippen LogP contribution in [-0.4, -0.2) is 28.2 Å². The molecule has 1 radical (unpaired) electrons. The van der Waals surface area contributed by atoms with E-state index in [0.717, 1.165) is 35.4 Å². The van der Waals surface area contributed by atoms with Gasteiger partial charge in [0.05, 0.1) is 19.9 Å². The Kier molecular flexibility index (Phi) is 8.84. The lowest BCUT2D eigenvalue weighted by Gasteiger charge is -2.23. The second-order valence-corrected chi connectivity index (χ2v) is 11.9. The van der Waals surface area contributed by atoms with Gasteiger partial charge in [-0.05, 0) is 61.0 Å². The normalized spacial score (nSPS) is 11.5. The Balaban J connectivity index is 1.91. The van der Waals surface area contributed by atoms with Crippen molar-refractivity contribution in [2.24, 2.45) is 0 Å². The number of rotatable bonds is 10. The van der Waals surface area contributed by atoms with Crippen molar-refractivity contribution in [2.45, 2.75) is 65.7 Å². The molecule has 6 heteroatoms. The summed E-state index contributed by atoms with van der Waals surface area (Å²) in [7, 11) is 2.33. The number of ether oxygens (including phenoxy) is 3. The van der Waals surface area contributed by atoms with Crippen LogP contribution in [0.2, 0.25) is 13.1 Å². The second-order valence-electron chi connectivity index (χ2n) is 9.91. The van der Waals surface area contributed by atoms with Crippen LogP contribution in [0.3, 0.4) is 0 Å². The highest BCUT2D eigenvalue weighted by Gasteiger charge is 2.22. The molecule has 0 saturated heterocycles. The van der Waals surface area contributed by atoms with Crippen LogP contribution in [0.4, 0.5) is 0 Å². The Morgan fingerprint density at radius 2 is 1.60 bits per heavy atom. The molecule has 1 heterocycles. The first-order chi connectivity index (χ1) is 16.6. The van der Waals surface area contributed by atoms with Gasteiger partial charge in [0.1, 0.15) is 12.4 Å². The number of benzene rings is 2. The van der Waals surface area contributed by atoms with Crippen LogP contribution in [0.15, 0.2) is 48.5 Å². The maximum absolute atomic E-state index is 6.30. The summed E-state index contributed by atoms with van der Waals surface area (Å²) in [6, 6.07) is 16.7. The summed E-state index contributed by atoms with van der Waals surface area (Å²) >= 11 is 0. The van der Waals surface area contributed by atoms with Crippen LogP contribution < -0.4 is 18.6 Å².